The number of nitrogens with one attached hydrogen (secondary N) is 1. The average Bonchev–Trinajstić information content (AvgIpc) is 3.28. The number of hydrogen-bond donors (Lipinski definition) is 1. The molecule has 3 aliphatic rings. The molecule has 0 amide bonds. The Labute approximate surface area is 132 Å². The number of thioether (sulfide) groups is 1. The normalized spacial score (nSPS) is 33.7. The van der Waals surface area contributed by atoms with Gasteiger partial charge in [0.05, 0.1) is 0 Å². The van der Waals surface area contributed by atoms with Gasteiger partial charge in [-0.05, 0) is 50.3 Å². The molecule has 1 aromatic rings. The lowest BCUT2D eigenvalue weighted by Crippen LogP contribution is -2.43. The predicted molar refractivity (Wildman–Crippen MR) is 90.1 cm³/mol. The Hall–Kier alpha value is -0.510. The van der Waals surface area contributed by atoms with Gasteiger partial charge in [0, 0.05) is 41.7 Å². The minimum atomic E-state index is 0.721. The number of nitrogens with zero attached hydrogens (tertiary/aromatic N) is 1. The Kier molecular flexibility index (Phi) is 3.99. The monoisotopic (exact) mass is 302 g/mol. The maximum absolute atomic E-state index is 3.80. The van der Waals surface area contributed by atoms with E-state index in [4.69, 9.17) is 0 Å². The molecule has 1 aromatic carbocycles. The zero-order valence-corrected chi connectivity index (χ0v) is 13.7. The van der Waals surface area contributed by atoms with Crippen molar-refractivity contribution in [1.29, 1.82) is 0 Å². The molecule has 2 heterocycles. The highest BCUT2D eigenvalue weighted by Crippen LogP contribution is 2.40. The summed E-state index contributed by atoms with van der Waals surface area (Å²) in [6.07, 6.45) is 4.19. The minimum absolute atomic E-state index is 0.721. The first-order chi connectivity index (χ1) is 10.3. The molecule has 3 unspecified atom stereocenters. The van der Waals surface area contributed by atoms with E-state index in [1.807, 2.05) is 11.8 Å². The Morgan fingerprint density at radius 1 is 1.24 bits per heavy atom. The lowest BCUT2D eigenvalue weighted by atomic mass is 9.99. The second-order valence-electron chi connectivity index (χ2n) is 7.04. The summed E-state index contributed by atoms with van der Waals surface area (Å²) in [7, 11) is 0. The van der Waals surface area contributed by atoms with Crippen molar-refractivity contribution >= 4 is 11.8 Å². The maximum Gasteiger partial charge on any atom is 0.0223 e. The summed E-state index contributed by atoms with van der Waals surface area (Å²) < 4.78 is 0. The number of fused-ring (bicyclic) bond motifs is 1. The van der Waals surface area contributed by atoms with Crippen LogP contribution >= 0.6 is 11.8 Å². The average molecular weight is 302 g/mol. The summed E-state index contributed by atoms with van der Waals surface area (Å²) in [5, 5.41) is 3.80. The highest BCUT2D eigenvalue weighted by Gasteiger charge is 2.36. The van der Waals surface area contributed by atoms with Crippen molar-refractivity contribution in [3.05, 3.63) is 29.8 Å². The van der Waals surface area contributed by atoms with Crippen LogP contribution in [0.5, 0.6) is 0 Å². The van der Waals surface area contributed by atoms with E-state index < -0.39 is 0 Å². The largest absolute Gasteiger partial charge is 0.312 e. The van der Waals surface area contributed by atoms with E-state index in [1.165, 1.54) is 49.5 Å². The number of rotatable bonds is 3. The Morgan fingerprint density at radius 3 is 2.95 bits per heavy atom. The second kappa shape index (κ2) is 5.94. The quantitative estimate of drug-likeness (QED) is 0.922. The maximum atomic E-state index is 3.80. The van der Waals surface area contributed by atoms with E-state index in [2.05, 4.69) is 41.4 Å². The molecule has 2 nitrogen and oxygen atoms in total. The van der Waals surface area contributed by atoms with Crippen molar-refractivity contribution in [2.75, 3.05) is 25.4 Å². The fourth-order valence-electron chi connectivity index (χ4n) is 3.89. The third kappa shape index (κ3) is 3.01. The molecular formula is C18H26N2S. The highest BCUT2D eigenvalue weighted by molar-refractivity contribution is 7.99. The summed E-state index contributed by atoms with van der Waals surface area (Å²) >= 11 is 2.05. The molecule has 2 aliphatic heterocycles. The van der Waals surface area contributed by atoms with Gasteiger partial charge < -0.3 is 5.32 Å². The standard InChI is InChI=1S/C18H26N2S/c1-13-8-9-19-17(14-6-7-14)11-20(13)10-15-12-21-18-5-3-2-4-16(15)18/h2-5,13-15,17,19H,6-12H2,1H3. The molecule has 114 valence electrons. The fourth-order valence-corrected chi connectivity index (χ4v) is 5.13. The fraction of sp³-hybridized carbons (Fsp3) is 0.667. The van der Waals surface area contributed by atoms with Crippen molar-refractivity contribution in [3.8, 4) is 0 Å². The molecule has 3 atom stereocenters. The summed E-state index contributed by atoms with van der Waals surface area (Å²) in [6, 6.07) is 10.5. The molecule has 2 fully saturated rings. The third-order valence-corrected chi connectivity index (χ3v) is 6.72. The summed E-state index contributed by atoms with van der Waals surface area (Å²) in [5.41, 5.74) is 1.59. The van der Waals surface area contributed by atoms with Gasteiger partial charge in [-0.3, -0.25) is 4.90 Å². The molecule has 21 heavy (non-hydrogen) atoms. The van der Waals surface area contributed by atoms with E-state index in [1.54, 1.807) is 5.56 Å². The van der Waals surface area contributed by atoms with Gasteiger partial charge in [0.1, 0.15) is 0 Å². The van der Waals surface area contributed by atoms with E-state index in [0.29, 0.717) is 0 Å². The van der Waals surface area contributed by atoms with Crippen LogP contribution in [0.15, 0.2) is 29.2 Å². The Bertz CT molecular complexity index is 500. The first kappa shape index (κ1) is 14.1. The van der Waals surface area contributed by atoms with Gasteiger partial charge in [-0.25, -0.2) is 0 Å². The third-order valence-electron chi connectivity index (χ3n) is 5.47. The molecule has 3 heteroatoms. The van der Waals surface area contributed by atoms with Crippen LogP contribution in [0.2, 0.25) is 0 Å². The molecule has 1 saturated heterocycles. The van der Waals surface area contributed by atoms with Gasteiger partial charge in [0.15, 0.2) is 0 Å². The van der Waals surface area contributed by atoms with E-state index in [0.717, 1.165) is 23.9 Å². The molecule has 4 rings (SSSR count). The lowest BCUT2D eigenvalue weighted by molar-refractivity contribution is 0.191. The van der Waals surface area contributed by atoms with Crippen molar-refractivity contribution in [2.24, 2.45) is 5.92 Å². The lowest BCUT2D eigenvalue weighted by Gasteiger charge is -2.31. The molecule has 1 N–H and O–H groups in total. The van der Waals surface area contributed by atoms with Gasteiger partial charge in [0.2, 0.25) is 0 Å². The topological polar surface area (TPSA) is 15.3 Å². The van der Waals surface area contributed by atoms with E-state index in [-0.39, 0.29) is 0 Å². The van der Waals surface area contributed by atoms with Gasteiger partial charge in [-0.2, -0.15) is 0 Å². The minimum Gasteiger partial charge on any atom is -0.312 e. The van der Waals surface area contributed by atoms with Crippen LogP contribution in [-0.2, 0) is 0 Å². The van der Waals surface area contributed by atoms with E-state index >= 15 is 0 Å². The van der Waals surface area contributed by atoms with Gasteiger partial charge in [-0.1, -0.05) is 18.2 Å². The van der Waals surface area contributed by atoms with E-state index in [9.17, 15) is 0 Å². The molecule has 0 spiro atoms. The Balaban J connectivity index is 1.47. The molecule has 1 aliphatic carbocycles. The van der Waals surface area contributed by atoms with Crippen LogP contribution in [0.3, 0.4) is 0 Å². The van der Waals surface area contributed by atoms with Gasteiger partial charge in [0.25, 0.3) is 0 Å². The summed E-state index contributed by atoms with van der Waals surface area (Å²) in [5.74, 6) is 2.96. The van der Waals surface area contributed by atoms with Crippen molar-refractivity contribution in [2.45, 2.75) is 49.1 Å². The van der Waals surface area contributed by atoms with Gasteiger partial charge >= 0.3 is 0 Å². The predicted octanol–water partition coefficient (Wildman–Crippen LogP) is 3.34. The van der Waals surface area contributed by atoms with Crippen LogP contribution in [0.25, 0.3) is 0 Å². The molecule has 0 bridgehead atoms. The number of hydrogen-bond acceptors (Lipinski definition) is 3. The molecule has 1 saturated carbocycles. The smallest absolute Gasteiger partial charge is 0.0223 e. The van der Waals surface area contributed by atoms with Crippen molar-refractivity contribution < 1.29 is 0 Å². The second-order valence-corrected chi connectivity index (χ2v) is 8.10. The molecule has 0 aromatic heterocycles. The van der Waals surface area contributed by atoms with Crippen LogP contribution < -0.4 is 5.32 Å². The van der Waals surface area contributed by atoms with Crippen LogP contribution in [-0.4, -0.2) is 42.4 Å². The summed E-state index contributed by atoms with van der Waals surface area (Å²) in [6.45, 7) is 6.13. The van der Waals surface area contributed by atoms with Crippen LogP contribution in [0.1, 0.15) is 37.7 Å². The SMILES string of the molecule is CC1CCNC(C2CC2)CN1CC1CSc2ccccc21. The van der Waals surface area contributed by atoms with Crippen LogP contribution in [0.4, 0.5) is 0 Å². The first-order valence-electron chi connectivity index (χ1n) is 8.50. The summed E-state index contributed by atoms with van der Waals surface area (Å²) in [4.78, 5) is 4.29. The first-order valence-corrected chi connectivity index (χ1v) is 9.49. The Morgan fingerprint density at radius 2 is 2.10 bits per heavy atom. The number of benzene rings is 1. The van der Waals surface area contributed by atoms with Crippen molar-refractivity contribution in [1.82, 2.24) is 10.2 Å². The van der Waals surface area contributed by atoms with Crippen LogP contribution in [0, 0.1) is 5.92 Å². The van der Waals surface area contributed by atoms with Gasteiger partial charge in [-0.15, -0.1) is 11.8 Å². The highest BCUT2D eigenvalue weighted by atomic mass is 32.2. The van der Waals surface area contributed by atoms with Crippen molar-refractivity contribution in [3.63, 3.8) is 0 Å². The molecule has 0 radical (unpaired) electrons. The zero-order chi connectivity index (χ0) is 14.2. The molecular weight excluding hydrogens is 276 g/mol. The zero-order valence-electron chi connectivity index (χ0n) is 12.9.